The molecule has 2 aromatic rings. The summed E-state index contributed by atoms with van der Waals surface area (Å²) in [6.07, 6.45) is 1.77. The third kappa shape index (κ3) is 3.89. The lowest BCUT2D eigenvalue weighted by atomic mass is 10.1. The molecule has 2 aromatic carbocycles. The Hall–Kier alpha value is -1.49. The van der Waals surface area contributed by atoms with Crippen LogP contribution >= 0.6 is 35.0 Å². The quantitative estimate of drug-likeness (QED) is 0.525. The van der Waals surface area contributed by atoms with Crippen LogP contribution in [0.4, 0.5) is 0 Å². The summed E-state index contributed by atoms with van der Waals surface area (Å²) in [6, 6.07) is 12.6. The fourth-order valence-corrected chi connectivity index (χ4v) is 3.58. The minimum absolute atomic E-state index is 0.310. The van der Waals surface area contributed by atoms with Crippen molar-refractivity contribution in [3.05, 3.63) is 63.6 Å². The summed E-state index contributed by atoms with van der Waals surface area (Å²) in [5.74, 6) is 0.474. The van der Waals surface area contributed by atoms with Crippen LogP contribution in [0.5, 0.6) is 0 Å². The number of hydrogen-bond donors (Lipinski definition) is 0. The maximum Gasteiger partial charge on any atom is 0.365 e. The molecule has 0 bridgehead atoms. The van der Waals surface area contributed by atoms with Gasteiger partial charge in [0.2, 0.25) is 0 Å². The van der Waals surface area contributed by atoms with Crippen molar-refractivity contribution in [2.24, 2.45) is 5.16 Å². The molecule has 1 aliphatic heterocycles. The van der Waals surface area contributed by atoms with Gasteiger partial charge in [-0.15, -0.1) is 11.8 Å². The Bertz CT molecular complexity index is 777. The highest BCUT2D eigenvalue weighted by molar-refractivity contribution is 7.99. The molecule has 0 aromatic heterocycles. The number of thioether (sulfide) groups is 1. The Morgan fingerprint density at radius 2 is 1.96 bits per heavy atom. The normalized spacial score (nSPS) is 15.8. The predicted octanol–water partition coefficient (Wildman–Crippen LogP) is 5.44. The minimum atomic E-state index is -0.551. The minimum Gasteiger partial charge on any atom is -0.313 e. The van der Waals surface area contributed by atoms with Crippen LogP contribution in [0.25, 0.3) is 0 Å². The summed E-state index contributed by atoms with van der Waals surface area (Å²) >= 11 is 13.6. The van der Waals surface area contributed by atoms with Crippen LogP contribution in [0, 0.1) is 0 Å². The maximum atomic E-state index is 12.1. The second-order valence-corrected chi connectivity index (χ2v) is 6.94. The SMILES string of the molecule is O=C(O/N=C1\CCCSc2ccccc21)c1ccc(Cl)c(Cl)c1. The zero-order valence-electron chi connectivity index (χ0n) is 12.1. The van der Waals surface area contributed by atoms with Gasteiger partial charge in [-0.3, -0.25) is 0 Å². The van der Waals surface area contributed by atoms with Crippen LogP contribution < -0.4 is 0 Å². The number of oxime groups is 1. The van der Waals surface area contributed by atoms with Gasteiger partial charge >= 0.3 is 5.97 Å². The number of halogens is 2. The van der Waals surface area contributed by atoms with E-state index in [4.69, 9.17) is 28.0 Å². The van der Waals surface area contributed by atoms with Gasteiger partial charge in [0.1, 0.15) is 0 Å². The summed E-state index contributed by atoms with van der Waals surface area (Å²) in [5.41, 5.74) is 2.14. The first-order valence-corrected chi connectivity index (χ1v) is 8.85. The van der Waals surface area contributed by atoms with E-state index in [1.54, 1.807) is 23.9 Å². The second kappa shape index (κ2) is 7.39. The second-order valence-electron chi connectivity index (χ2n) is 4.99. The zero-order valence-corrected chi connectivity index (χ0v) is 14.4. The highest BCUT2D eigenvalue weighted by Crippen LogP contribution is 2.29. The number of fused-ring (bicyclic) bond motifs is 1. The first-order chi connectivity index (χ1) is 11.1. The molecule has 23 heavy (non-hydrogen) atoms. The highest BCUT2D eigenvalue weighted by atomic mass is 35.5. The molecular weight excluding hydrogens is 353 g/mol. The number of benzene rings is 2. The molecule has 0 unspecified atom stereocenters. The molecular formula is C17H13Cl2NO2S. The van der Waals surface area contributed by atoms with Crippen molar-refractivity contribution >= 4 is 46.6 Å². The van der Waals surface area contributed by atoms with Crippen LogP contribution in [0.2, 0.25) is 10.0 Å². The molecule has 1 aliphatic rings. The van der Waals surface area contributed by atoms with Gasteiger partial charge in [-0.25, -0.2) is 4.79 Å². The van der Waals surface area contributed by atoms with Crippen LogP contribution in [-0.4, -0.2) is 17.4 Å². The topological polar surface area (TPSA) is 38.7 Å². The maximum absolute atomic E-state index is 12.1. The number of carbonyl (C=O) groups is 1. The van der Waals surface area contributed by atoms with E-state index in [0.717, 1.165) is 34.8 Å². The fourth-order valence-electron chi connectivity index (χ4n) is 2.25. The number of hydrogen-bond acceptors (Lipinski definition) is 4. The summed E-state index contributed by atoms with van der Waals surface area (Å²) in [6.45, 7) is 0. The van der Waals surface area contributed by atoms with Crippen molar-refractivity contribution < 1.29 is 9.63 Å². The van der Waals surface area contributed by atoms with Gasteiger partial charge < -0.3 is 4.84 Å². The van der Waals surface area contributed by atoms with Crippen molar-refractivity contribution in [3.8, 4) is 0 Å². The zero-order chi connectivity index (χ0) is 16.2. The van der Waals surface area contributed by atoms with Crippen molar-refractivity contribution in [2.45, 2.75) is 17.7 Å². The average molecular weight is 366 g/mol. The molecule has 0 fully saturated rings. The lowest BCUT2D eigenvalue weighted by Crippen LogP contribution is -2.06. The van der Waals surface area contributed by atoms with E-state index in [9.17, 15) is 4.79 Å². The molecule has 0 saturated carbocycles. The monoisotopic (exact) mass is 365 g/mol. The van der Waals surface area contributed by atoms with E-state index in [-0.39, 0.29) is 0 Å². The number of rotatable bonds is 2. The number of nitrogens with zero attached hydrogens (tertiary/aromatic N) is 1. The molecule has 118 valence electrons. The van der Waals surface area contributed by atoms with Crippen molar-refractivity contribution in [2.75, 3.05) is 5.75 Å². The molecule has 0 saturated heterocycles. The smallest absolute Gasteiger partial charge is 0.313 e. The molecule has 0 radical (unpaired) electrons. The van der Waals surface area contributed by atoms with E-state index in [1.807, 2.05) is 18.2 Å². The highest BCUT2D eigenvalue weighted by Gasteiger charge is 2.16. The Balaban J connectivity index is 1.82. The molecule has 3 nitrogen and oxygen atoms in total. The van der Waals surface area contributed by atoms with E-state index in [0.29, 0.717) is 15.6 Å². The van der Waals surface area contributed by atoms with Gasteiger partial charge in [-0.05, 0) is 42.9 Å². The summed E-state index contributed by atoms with van der Waals surface area (Å²) < 4.78 is 0. The van der Waals surface area contributed by atoms with Gasteiger partial charge in [0.15, 0.2) is 0 Å². The molecule has 1 heterocycles. The van der Waals surface area contributed by atoms with Crippen LogP contribution in [0.1, 0.15) is 28.8 Å². The van der Waals surface area contributed by atoms with Gasteiger partial charge in [-0.2, -0.15) is 0 Å². The summed E-state index contributed by atoms with van der Waals surface area (Å²) in [7, 11) is 0. The summed E-state index contributed by atoms with van der Waals surface area (Å²) in [5, 5.41) is 4.79. The Labute approximate surface area is 148 Å². The van der Waals surface area contributed by atoms with Crippen LogP contribution in [-0.2, 0) is 4.84 Å². The van der Waals surface area contributed by atoms with E-state index in [2.05, 4.69) is 11.2 Å². The van der Waals surface area contributed by atoms with Crippen molar-refractivity contribution in [1.82, 2.24) is 0 Å². The van der Waals surface area contributed by atoms with Gasteiger partial charge in [0.05, 0.1) is 21.3 Å². The Morgan fingerprint density at radius 3 is 2.78 bits per heavy atom. The van der Waals surface area contributed by atoms with Crippen LogP contribution in [0.3, 0.4) is 0 Å². The molecule has 0 N–H and O–H groups in total. The van der Waals surface area contributed by atoms with E-state index < -0.39 is 5.97 Å². The van der Waals surface area contributed by atoms with Gasteiger partial charge in [-0.1, -0.05) is 46.6 Å². The van der Waals surface area contributed by atoms with Gasteiger partial charge in [0, 0.05) is 10.5 Å². The molecule has 0 amide bonds. The lowest BCUT2D eigenvalue weighted by molar-refractivity contribution is 0.0515. The molecule has 3 rings (SSSR count). The molecule has 0 aliphatic carbocycles. The van der Waals surface area contributed by atoms with Crippen molar-refractivity contribution in [3.63, 3.8) is 0 Å². The fraction of sp³-hybridized carbons (Fsp3) is 0.176. The first kappa shape index (κ1) is 16.4. The first-order valence-electron chi connectivity index (χ1n) is 7.10. The standard InChI is InChI=1S/C17H13Cl2NO2S/c18-13-8-7-11(10-14(13)19)17(21)22-20-15-5-3-9-23-16-6-2-1-4-12(15)16/h1-2,4,6-8,10H,3,5,9H2/b20-15+. The van der Waals surface area contributed by atoms with E-state index >= 15 is 0 Å². The molecule has 6 heteroatoms. The third-order valence-corrected chi connectivity index (χ3v) is 5.31. The Morgan fingerprint density at radius 1 is 1.13 bits per heavy atom. The van der Waals surface area contributed by atoms with Crippen molar-refractivity contribution in [1.29, 1.82) is 0 Å². The molecule has 0 atom stereocenters. The van der Waals surface area contributed by atoms with Gasteiger partial charge in [0.25, 0.3) is 0 Å². The van der Waals surface area contributed by atoms with E-state index in [1.165, 1.54) is 6.07 Å². The predicted molar refractivity (Wildman–Crippen MR) is 94.8 cm³/mol. The molecule has 0 spiro atoms. The number of carbonyl (C=O) groups excluding carboxylic acids is 1. The average Bonchev–Trinajstić information content (AvgIpc) is 2.77. The Kier molecular flexibility index (Phi) is 5.26. The lowest BCUT2D eigenvalue weighted by Gasteiger charge is -2.06. The largest absolute Gasteiger partial charge is 0.365 e. The third-order valence-electron chi connectivity index (χ3n) is 3.41. The van der Waals surface area contributed by atoms with Crippen LogP contribution in [0.15, 0.2) is 52.5 Å². The summed E-state index contributed by atoms with van der Waals surface area (Å²) in [4.78, 5) is 18.4.